The van der Waals surface area contributed by atoms with Crippen molar-refractivity contribution in [3.8, 4) is 0 Å². The van der Waals surface area contributed by atoms with Gasteiger partial charge in [-0.3, -0.25) is 9.59 Å². The molecule has 0 fully saturated rings. The first-order chi connectivity index (χ1) is 17.7. The van der Waals surface area contributed by atoms with E-state index in [4.69, 9.17) is 10.2 Å². The van der Waals surface area contributed by atoms with Gasteiger partial charge in [0.1, 0.15) is 0 Å². The van der Waals surface area contributed by atoms with Gasteiger partial charge in [-0.2, -0.15) is 13.2 Å². The molecule has 0 aliphatic rings. The summed E-state index contributed by atoms with van der Waals surface area (Å²) in [6.07, 6.45) is 5.00. The van der Waals surface area contributed by atoms with Crippen LogP contribution in [0.25, 0.3) is 0 Å². The van der Waals surface area contributed by atoms with E-state index in [1.165, 1.54) is 11.6 Å². The van der Waals surface area contributed by atoms with Crippen LogP contribution in [0.4, 0.5) is 13.2 Å². The lowest BCUT2D eigenvalue weighted by Crippen LogP contribution is -2.11. The average molecular weight is 521 g/mol. The molecule has 0 atom stereocenters. The molecule has 2 aromatic carbocycles. The van der Waals surface area contributed by atoms with Gasteiger partial charge < -0.3 is 10.2 Å². The maximum atomic E-state index is 13.5. The molecule has 37 heavy (non-hydrogen) atoms. The monoisotopic (exact) mass is 520 g/mol. The minimum absolute atomic E-state index is 0.0615. The van der Waals surface area contributed by atoms with Gasteiger partial charge in [0.15, 0.2) is 0 Å². The van der Waals surface area contributed by atoms with Gasteiger partial charge in [-0.15, -0.1) is 0 Å². The van der Waals surface area contributed by atoms with Gasteiger partial charge in [0, 0.05) is 12.8 Å². The van der Waals surface area contributed by atoms with Gasteiger partial charge in [-0.25, -0.2) is 0 Å². The molecule has 7 heteroatoms. The van der Waals surface area contributed by atoms with Gasteiger partial charge in [0.2, 0.25) is 0 Å². The second kappa shape index (κ2) is 16.1. The highest BCUT2D eigenvalue weighted by molar-refractivity contribution is 5.67. The number of benzene rings is 2. The second-order valence-electron chi connectivity index (χ2n) is 9.79. The van der Waals surface area contributed by atoms with Crippen molar-refractivity contribution in [2.75, 3.05) is 0 Å². The number of hydrogen-bond acceptors (Lipinski definition) is 2. The highest BCUT2D eigenvalue weighted by Gasteiger charge is 2.31. The van der Waals surface area contributed by atoms with Crippen LogP contribution in [0.1, 0.15) is 105 Å². The summed E-state index contributed by atoms with van der Waals surface area (Å²) in [5.41, 5.74) is 2.07. The molecule has 0 bridgehead atoms. The van der Waals surface area contributed by atoms with E-state index < -0.39 is 23.7 Å². The van der Waals surface area contributed by atoms with Crippen molar-refractivity contribution in [1.82, 2.24) is 0 Å². The number of unbranched alkanes of at least 4 members (excludes halogenated alkanes) is 5. The van der Waals surface area contributed by atoms with Crippen molar-refractivity contribution < 1.29 is 33.0 Å². The predicted octanol–water partition coefficient (Wildman–Crippen LogP) is 8.42. The van der Waals surface area contributed by atoms with Gasteiger partial charge in [-0.1, -0.05) is 62.1 Å². The topological polar surface area (TPSA) is 74.6 Å². The molecule has 2 rings (SSSR count). The Labute approximate surface area is 217 Å². The lowest BCUT2D eigenvalue weighted by atomic mass is 9.83. The summed E-state index contributed by atoms with van der Waals surface area (Å²) >= 11 is 0. The normalized spacial score (nSPS) is 11.7. The molecule has 0 saturated heterocycles. The fourth-order valence-electron chi connectivity index (χ4n) is 4.83. The standard InChI is InChI=1S/C30H39F3O4/c31-30(32,33)26-21-20-25(15-9-4-2-1-3-6-12-23-13-7-5-8-14-23)27(22-26)24(16-10-18-28(34)35)17-11-19-29(36)37/h5,7-8,13-14,20-22,24H,1-4,6,9-12,15-19H2,(H,34,35)(H,36,37). The van der Waals surface area contributed by atoms with Crippen LogP contribution >= 0.6 is 0 Å². The molecule has 0 aromatic heterocycles. The first kappa shape index (κ1) is 30.4. The van der Waals surface area contributed by atoms with Crippen molar-refractivity contribution in [3.05, 3.63) is 70.8 Å². The number of alkyl halides is 3. The number of hydrogen-bond donors (Lipinski definition) is 2. The highest BCUT2D eigenvalue weighted by Crippen LogP contribution is 2.36. The molecule has 0 aliphatic heterocycles. The summed E-state index contributed by atoms with van der Waals surface area (Å²) in [6.45, 7) is 0. The zero-order chi connectivity index (χ0) is 27.1. The number of aliphatic carboxylic acids is 2. The Hall–Kier alpha value is -2.83. The van der Waals surface area contributed by atoms with Crippen LogP contribution in [-0.4, -0.2) is 22.2 Å². The summed E-state index contributed by atoms with van der Waals surface area (Å²) < 4.78 is 40.5. The molecule has 4 nitrogen and oxygen atoms in total. The maximum Gasteiger partial charge on any atom is 0.416 e. The van der Waals surface area contributed by atoms with Crippen LogP contribution in [0.15, 0.2) is 48.5 Å². The molecule has 0 aliphatic carbocycles. The Kier molecular flexibility index (Phi) is 13.2. The van der Waals surface area contributed by atoms with Gasteiger partial charge in [-0.05, 0) is 86.1 Å². The molecule has 0 amide bonds. The number of carbonyl (C=O) groups is 2. The smallest absolute Gasteiger partial charge is 0.416 e. The van der Waals surface area contributed by atoms with Crippen LogP contribution in [0.3, 0.4) is 0 Å². The Morgan fingerprint density at radius 2 is 1.24 bits per heavy atom. The van der Waals surface area contributed by atoms with Crippen LogP contribution in [0.5, 0.6) is 0 Å². The van der Waals surface area contributed by atoms with Crippen LogP contribution in [0, 0.1) is 0 Å². The Morgan fingerprint density at radius 3 is 1.78 bits per heavy atom. The minimum atomic E-state index is -4.47. The molecule has 0 saturated carbocycles. The van der Waals surface area contributed by atoms with Gasteiger partial charge in [0.05, 0.1) is 5.56 Å². The number of carboxylic acids is 2. The van der Waals surface area contributed by atoms with Crippen molar-refractivity contribution in [1.29, 1.82) is 0 Å². The van der Waals surface area contributed by atoms with Crippen molar-refractivity contribution in [2.24, 2.45) is 0 Å². The molecule has 204 valence electrons. The fraction of sp³-hybridized carbons (Fsp3) is 0.533. The van der Waals surface area contributed by atoms with E-state index in [9.17, 15) is 22.8 Å². The quantitative estimate of drug-likeness (QED) is 0.193. The first-order valence-corrected chi connectivity index (χ1v) is 13.3. The fourth-order valence-corrected chi connectivity index (χ4v) is 4.83. The zero-order valence-electron chi connectivity index (χ0n) is 21.4. The summed E-state index contributed by atoms with van der Waals surface area (Å²) in [4.78, 5) is 22.0. The lowest BCUT2D eigenvalue weighted by molar-refractivity contribution is -0.138. The highest BCUT2D eigenvalue weighted by atomic mass is 19.4. The number of aryl methyl sites for hydroxylation is 2. The van der Waals surface area contributed by atoms with Crippen LogP contribution < -0.4 is 0 Å². The minimum Gasteiger partial charge on any atom is -0.481 e. The van der Waals surface area contributed by atoms with Crippen LogP contribution in [-0.2, 0) is 28.6 Å². The molecule has 0 heterocycles. The van der Waals surface area contributed by atoms with Gasteiger partial charge in [0.25, 0.3) is 0 Å². The largest absolute Gasteiger partial charge is 0.481 e. The third kappa shape index (κ3) is 12.3. The molecular formula is C30H39F3O4. The molecule has 0 spiro atoms. The molecule has 2 aromatic rings. The maximum absolute atomic E-state index is 13.5. The van der Waals surface area contributed by atoms with E-state index in [1.807, 2.05) is 18.2 Å². The van der Waals surface area contributed by atoms with E-state index in [2.05, 4.69) is 12.1 Å². The van der Waals surface area contributed by atoms with E-state index in [0.29, 0.717) is 37.7 Å². The molecule has 0 unspecified atom stereocenters. The summed E-state index contributed by atoms with van der Waals surface area (Å²) in [5.74, 6) is -2.19. The number of halogens is 3. The molecule has 0 radical (unpaired) electrons. The Morgan fingerprint density at radius 1 is 0.703 bits per heavy atom. The SMILES string of the molecule is O=C(O)CCCC(CCCC(=O)O)c1cc(C(F)(F)F)ccc1CCCCCCCCc1ccccc1. The van der Waals surface area contributed by atoms with E-state index in [1.54, 1.807) is 6.07 Å². The van der Waals surface area contributed by atoms with Crippen molar-refractivity contribution in [2.45, 2.75) is 102 Å². The van der Waals surface area contributed by atoms with Crippen LogP contribution in [0.2, 0.25) is 0 Å². The van der Waals surface area contributed by atoms with Crippen molar-refractivity contribution in [3.63, 3.8) is 0 Å². The van der Waals surface area contributed by atoms with Gasteiger partial charge >= 0.3 is 18.1 Å². The summed E-state index contributed by atoms with van der Waals surface area (Å²) in [7, 11) is 0. The summed E-state index contributed by atoms with van der Waals surface area (Å²) in [6, 6.07) is 14.3. The molecule has 2 N–H and O–H groups in total. The van der Waals surface area contributed by atoms with E-state index in [0.717, 1.165) is 56.6 Å². The Balaban J connectivity index is 1.97. The van der Waals surface area contributed by atoms with E-state index in [-0.39, 0.29) is 18.8 Å². The first-order valence-electron chi connectivity index (χ1n) is 13.3. The van der Waals surface area contributed by atoms with E-state index >= 15 is 0 Å². The zero-order valence-corrected chi connectivity index (χ0v) is 21.4. The Bertz CT molecular complexity index is 937. The third-order valence-electron chi connectivity index (χ3n) is 6.80. The average Bonchev–Trinajstić information content (AvgIpc) is 2.84. The summed E-state index contributed by atoms with van der Waals surface area (Å²) in [5, 5.41) is 18.0. The lowest BCUT2D eigenvalue weighted by Gasteiger charge is -2.22. The third-order valence-corrected chi connectivity index (χ3v) is 6.80. The number of carboxylic acid groups (broad SMARTS) is 2. The molecular weight excluding hydrogens is 481 g/mol. The predicted molar refractivity (Wildman–Crippen MR) is 139 cm³/mol. The number of rotatable bonds is 18. The second-order valence-corrected chi connectivity index (χ2v) is 9.79. The van der Waals surface area contributed by atoms with Crippen molar-refractivity contribution >= 4 is 11.9 Å².